The smallest absolute Gasteiger partial charge is 0.328 e. The van der Waals surface area contributed by atoms with Crippen LogP contribution in [0.25, 0.3) is 0 Å². The van der Waals surface area contributed by atoms with Crippen LogP contribution in [0.3, 0.4) is 0 Å². The normalized spacial score (nSPS) is 12.8. The van der Waals surface area contributed by atoms with E-state index in [9.17, 15) is 19.2 Å². The lowest BCUT2D eigenvalue weighted by Gasteiger charge is -2.19. The Morgan fingerprint density at radius 3 is 1.95 bits per heavy atom. The lowest BCUT2D eigenvalue weighted by atomic mass is 10.0. The second-order valence-electron chi connectivity index (χ2n) is 4.38. The van der Waals surface area contributed by atoms with Gasteiger partial charge in [-0.3, -0.25) is 14.4 Å². The number of esters is 3. The van der Waals surface area contributed by atoms with Gasteiger partial charge in [-0.05, 0) is 6.42 Å². The van der Waals surface area contributed by atoms with Gasteiger partial charge in [0.15, 0.2) is 0 Å². The maximum atomic E-state index is 11.7. The Morgan fingerprint density at radius 2 is 1.48 bits per heavy atom. The minimum Gasteiger partial charge on any atom is -0.469 e. The summed E-state index contributed by atoms with van der Waals surface area (Å²) in [4.78, 5) is 45.6. The fraction of sp³-hybridized carbons (Fsp3) is 0.692. The molecule has 0 saturated heterocycles. The first-order valence-electron chi connectivity index (χ1n) is 6.37. The largest absolute Gasteiger partial charge is 0.469 e. The number of carbonyl (C=O) groups is 4. The molecule has 0 aromatic heterocycles. The van der Waals surface area contributed by atoms with E-state index >= 15 is 0 Å². The average Bonchev–Trinajstić information content (AvgIpc) is 2.49. The highest BCUT2D eigenvalue weighted by molar-refractivity contribution is 5.86. The van der Waals surface area contributed by atoms with Crippen LogP contribution in [0.4, 0.5) is 0 Å². The number of hydrogen-bond donors (Lipinski definition) is 1. The van der Waals surface area contributed by atoms with E-state index in [0.717, 1.165) is 0 Å². The van der Waals surface area contributed by atoms with Gasteiger partial charge in [0, 0.05) is 6.42 Å². The van der Waals surface area contributed by atoms with Crippen molar-refractivity contribution < 1.29 is 33.4 Å². The van der Waals surface area contributed by atoms with Crippen molar-refractivity contribution in [3.05, 3.63) is 0 Å². The molecule has 0 rings (SSSR count). The summed E-state index contributed by atoms with van der Waals surface area (Å²) >= 11 is 0. The molecule has 1 amide bonds. The zero-order chi connectivity index (χ0) is 16.4. The molecule has 0 fully saturated rings. The first-order valence-corrected chi connectivity index (χ1v) is 6.37. The zero-order valence-corrected chi connectivity index (χ0v) is 12.6. The van der Waals surface area contributed by atoms with Crippen molar-refractivity contribution >= 4 is 23.8 Å². The quantitative estimate of drug-likeness (QED) is 0.488. The van der Waals surface area contributed by atoms with Gasteiger partial charge in [-0.25, -0.2) is 4.79 Å². The maximum absolute atomic E-state index is 11.7. The van der Waals surface area contributed by atoms with Crippen molar-refractivity contribution in [3.63, 3.8) is 0 Å². The van der Waals surface area contributed by atoms with Gasteiger partial charge in [-0.15, -0.1) is 0 Å². The Labute approximate surface area is 123 Å². The van der Waals surface area contributed by atoms with E-state index in [1.54, 1.807) is 6.92 Å². The van der Waals surface area contributed by atoms with E-state index in [-0.39, 0.29) is 19.3 Å². The van der Waals surface area contributed by atoms with Crippen molar-refractivity contribution in [1.82, 2.24) is 5.32 Å². The minimum atomic E-state index is -0.978. The van der Waals surface area contributed by atoms with Crippen molar-refractivity contribution in [2.75, 3.05) is 21.3 Å². The SMILES string of the molecule is COC(=O)CCC(=O)N[C@H](C[C@@H](C)C(=O)OC)C(=O)OC. The van der Waals surface area contributed by atoms with Crippen molar-refractivity contribution in [2.45, 2.75) is 32.2 Å². The third-order valence-electron chi connectivity index (χ3n) is 2.80. The molecule has 0 aliphatic heterocycles. The van der Waals surface area contributed by atoms with Crippen LogP contribution in [-0.2, 0) is 33.4 Å². The Balaban J connectivity index is 4.56. The molecule has 21 heavy (non-hydrogen) atoms. The van der Waals surface area contributed by atoms with Crippen LogP contribution in [0.15, 0.2) is 0 Å². The van der Waals surface area contributed by atoms with E-state index < -0.39 is 35.8 Å². The summed E-state index contributed by atoms with van der Waals surface area (Å²) in [7, 11) is 3.63. The molecule has 0 aliphatic carbocycles. The van der Waals surface area contributed by atoms with Gasteiger partial charge in [0.2, 0.25) is 5.91 Å². The number of amides is 1. The average molecular weight is 303 g/mol. The standard InChI is InChI=1S/C13H21NO7/c1-8(12(17)20-3)7-9(13(18)21-4)14-10(15)5-6-11(16)19-2/h8-9H,5-7H2,1-4H3,(H,14,15)/t8-,9-/m1/s1. The fourth-order valence-electron chi connectivity index (χ4n) is 1.59. The van der Waals surface area contributed by atoms with Crippen LogP contribution in [0, 0.1) is 5.92 Å². The Morgan fingerprint density at radius 1 is 0.905 bits per heavy atom. The summed E-state index contributed by atoms with van der Waals surface area (Å²) in [6.07, 6.45) is -0.168. The molecule has 0 aliphatic rings. The molecule has 0 spiro atoms. The number of nitrogens with one attached hydrogen (secondary N) is 1. The summed E-state index contributed by atoms with van der Waals surface area (Å²) in [6, 6.07) is -0.978. The summed E-state index contributed by atoms with van der Waals surface area (Å²) in [5.74, 6) is -2.78. The molecule has 120 valence electrons. The predicted octanol–water partition coefficient (Wildman–Crippen LogP) is -0.203. The lowest BCUT2D eigenvalue weighted by Crippen LogP contribution is -2.43. The summed E-state index contributed by atoms with van der Waals surface area (Å²) in [5.41, 5.74) is 0. The topological polar surface area (TPSA) is 108 Å². The highest BCUT2D eigenvalue weighted by Crippen LogP contribution is 2.10. The summed E-state index contributed by atoms with van der Waals surface area (Å²) < 4.78 is 13.5. The Kier molecular flexibility index (Phi) is 8.75. The molecule has 1 N–H and O–H groups in total. The molecule has 0 saturated carbocycles. The molecule has 0 radical (unpaired) electrons. The highest BCUT2D eigenvalue weighted by atomic mass is 16.5. The molecule has 2 atom stereocenters. The molecule has 0 aromatic carbocycles. The predicted molar refractivity (Wildman–Crippen MR) is 71.0 cm³/mol. The van der Waals surface area contributed by atoms with Gasteiger partial charge >= 0.3 is 17.9 Å². The van der Waals surface area contributed by atoms with E-state index in [1.807, 2.05) is 0 Å². The molecule has 0 bridgehead atoms. The third kappa shape index (κ3) is 7.28. The number of ether oxygens (including phenoxy) is 3. The highest BCUT2D eigenvalue weighted by Gasteiger charge is 2.27. The number of methoxy groups -OCH3 is 3. The monoisotopic (exact) mass is 303 g/mol. The first-order chi connectivity index (χ1) is 9.85. The van der Waals surface area contributed by atoms with Crippen LogP contribution in [0.2, 0.25) is 0 Å². The van der Waals surface area contributed by atoms with Crippen LogP contribution in [0.5, 0.6) is 0 Å². The molecular formula is C13H21NO7. The van der Waals surface area contributed by atoms with Gasteiger partial charge in [0.05, 0.1) is 33.7 Å². The van der Waals surface area contributed by atoms with Crippen molar-refractivity contribution in [2.24, 2.45) is 5.92 Å². The first kappa shape index (κ1) is 18.9. The van der Waals surface area contributed by atoms with Gasteiger partial charge in [-0.1, -0.05) is 6.92 Å². The van der Waals surface area contributed by atoms with Crippen LogP contribution < -0.4 is 5.32 Å². The molecule has 0 unspecified atom stereocenters. The van der Waals surface area contributed by atoms with Gasteiger partial charge in [-0.2, -0.15) is 0 Å². The van der Waals surface area contributed by atoms with Gasteiger partial charge < -0.3 is 19.5 Å². The number of carbonyl (C=O) groups excluding carboxylic acids is 4. The fourth-order valence-corrected chi connectivity index (χ4v) is 1.59. The summed E-state index contributed by atoms with van der Waals surface area (Å²) in [6.45, 7) is 1.57. The Bertz CT molecular complexity index is 394. The third-order valence-corrected chi connectivity index (χ3v) is 2.80. The number of rotatable bonds is 8. The molecule has 0 heterocycles. The maximum Gasteiger partial charge on any atom is 0.328 e. The van der Waals surface area contributed by atoms with Crippen molar-refractivity contribution in [3.8, 4) is 0 Å². The van der Waals surface area contributed by atoms with Crippen molar-refractivity contribution in [1.29, 1.82) is 0 Å². The van der Waals surface area contributed by atoms with Crippen LogP contribution in [-0.4, -0.2) is 51.2 Å². The molecule has 8 nitrogen and oxygen atoms in total. The zero-order valence-electron chi connectivity index (χ0n) is 12.6. The van der Waals surface area contributed by atoms with Crippen LogP contribution in [0.1, 0.15) is 26.2 Å². The second-order valence-corrected chi connectivity index (χ2v) is 4.38. The minimum absolute atomic E-state index is 0.0450. The lowest BCUT2D eigenvalue weighted by molar-refractivity contribution is -0.148. The van der Waals surface area contributed by atoms with E-state index in [2.05, 4.69) is 19.5 Å². The Hall–Kier alpha value is -2.12. The molecule has 8 heteroatoms. The van der Waals surface area contributed by atoms with Gasteiger partial charge in [0.1, 0.15) is 6.04 Å². The summed E-state index contributed by atoms with van der Waals surface area (Å²) in [5, 5.41) is 2.43. The van der Waals surface area contributed by atoms with Gasteiger partial charge in [0.25, 0.3) is 0 Å². The van der Waals surface area contributed by atoms with E-state index in [4.69, 9.17) is 0 Å². The molecular weight excluding hydrogens is 282 g/mol. The van der Waals surface area contributed by atoms with E-state index in [1.165, 1.54) is 21.3 Å². The van der Waals surface area contributed by atoms with E-state index in [0.29, 0.717) is 0 Å². The number of hydrogen-bond acceptors (Lipinski definition) is 7. The van der Waals surface area contributed by atoms with Crippen LogP contribution >= 0.6 is 0 Å². The molecule has 0 aromatic rings. The second kappa shape index (κ2) is 9.73.